The molecule has 0 unspecified atom stereocenters. The van der Waals surface area contributed by atoms with E-state index in [1.54, 1.807) is 0 Å². The Labute approximate surface area is 312 Å². The first-order chi connectivity index (χ1) is 26.8. The second kappa shape index (κ2) is 12.2. The highest BCUT2D eigenvalue weighted by atomic mass is 14.7. The maximum atomic E-state index is 5.11. The van der Waals surface area contributed by atoms with E-state index in [1.165, 1.54) is 87.6 Å². The Hall–Kier alpha value is -7.16. The van der Waals surface area contributed by atoms with Crippen LogP contribution in [0.25, 0.3) is 109 Å². The van der Waals surface area contributed by atoms with E-state index in [9.17, 15) is 0 Å². The predicted octanol–water partition coefficient (Wildman–Crippen LogP) is 14.1. The van der Waals surface area contributed by atoms with Crippen LogP contribution in [0.4, 0.5) is 0 Å². The summed E-state index contributed by atoms with van der Waals surface area (Å²) in [5, 5.41) is 12.0. The third-order valence-corrected chi connectivity index (χ3v) is 11.1. The van der Waals surface area contributed by atoms with Gasteiger partial charge >= 0.3 is 0 Å². The first kappa shape index (κ1) is 30.5. The van der Waals surface area contributed by atoms with E-state index in [0.29, 0.717) is 0 Å². The third kappa shape index (κ3) is 4.60. The summed E-state index contributed by atoms with van der Waals surface area (Å²) < 4.78 is 0. The number of fused-ring (bicyclic) bond motifs is 6. The van der Waals surface area contributed by atoms with Gasteiger partial charge in [-0.25, -0.2) is 0 Å². The SMILES string of the molecule is c1ccc(-c2c3ccccc3c(-c3ccc(-c4c5ccccc5c(-c5ccc6ccccc6c5)c5ncccc45)c4ccccc34)c3cccnc23)cc1. The summed E-state index contributed by atoms with van der Waals surface area (Å²) in [6, 6.07) is 65.8. The molecular weight excluding hydrogens is 653 g/mol. The van der Waals surface area contributed by atoms with E-state index in [4.69, 9.17) is 9.97 Å². The molecule has 0 saturated heterocycles. The minimum absolute atomic E-state index is 1.01. The molecule has 2 aromatic heterocycles. The van der Waals surface area contributed by atoms with Gasteiger partial charge in [0.1, 0.15) is 0 Å². The van der Waals surface area contributed by atoms with E-state index < -0.39 is 0 Å². The molecule has 0 amide bonds. The number of hydrogen-bond donors (Lipinski definition) is 0. The van der Waals surface area contributed by atoms with Gasteiger partial charge in [0, 0.05) is 34.3 Å². The molecule has 54 heavy (non-hydrogen) atoms. The largest absolute Gasteiger partial charge is 0.256 e. The first-order valence-corrected chi connectivity index (χ1v) is 18.5. The summed E-state index contributed by atoms with van der Waals surface area (Å²) in [5.74, 6) is 0. The lowest BCUT2D eigenvalue weighted by atomic mass is 9.83. The maximum Gasteiger partial charge on any atom is 0.0792 e. The molecule has 11 rings (SSSR count). The van der Waals surface area contributed by atoms with Gasteiger partial charge in [-0.3, -0.25) is 9.97 Å². The van der Waals surface area contributed by atoms with Crippen LogP contribution in [-0.2, 0) is 0 Å². The lowest BCUT2D eigenvalue weighted by Crippen LogP contribution is -1.95. The molecule has 0 N–H and O–H groups in total. The van der Waals surface area contributed by atoms with Crippen LogP contribution in [-0.4, -0.2) is 9.97 Å². The fourth-order valence-electron chi connectivity index (χ4n) is 8.85. The monoisotopic (exact) mass is 684 g/mol. The predicted molar refractivity (Wildman–Crippen MR) is 229 cm³/mol. The number of aromatic nitrogens is 2. The van der Waals surface area contributed by atoms with Crippen molar-refractivity contribution in [3.63, 3.8) is 0 Å². The van der Waals surface area contributed by atoms with Crippen LogP contribution in [0.5, 0.6) is 0 Å². The summed E-state index contributed by atoms with van der Waals surface area (Å²) >= 11 is 0. The highest BCUT2D eigenvalue weighted by molar-refractivity contribution is 6.26. The summed E-state index contributed by atoms with van der Waals surface area (Å²) in [5.41, 5.74) is 11.5. The second-order valence-electron chi connectivity index (χ2n) is 14.0. The number of rotatable bonds is 4. The van der Waals surface area contributed by atoms with Crippen molar-refractivity contribution >= 4 is 64.9 Å². The molecule has 2 heterocycles. The van der Waals surface area contributed by atoms with Gasteiger partial charge in [-0.15, -0.1) is 0 Å². The van der Waals surface area contributed by atoms with Gasteiger partial charge in [0.15, 0.2) is 0 Å². The highest BCUT2D eigenvalue weighted by Gasteiger charge is 2.22. The highest BCUT2D eigenvalue weighted by Crippen LogP contribution is 2.49. The molecule has 250 valence electrons. The van der Waals surface area contributed by atoms with Gasteiger partial charge < -0.3 is 0 Å². The van der Waals surface area contributed by atoms with Crippen molar-refractivity contribution in [1.29, 1.82) is 0 Å². The molecule has 2 heteroatoms. The number of nitrogens with zero attached hydrogens (tertiary/aromatic N) is 2. The molecule has 0 fully saturated rings. The molecule has 0 bridgehead atoms. The molecule has 0 atom stereocenters. The van der Waals surface area contributed by atoms with Crippen LogP contribution in [0.1, 0.15) is 0 Å². The van der Waals surface area contributed by atoms with Crippen molar-refractivity contribution in [2.24, 2.45) is 0 Å². The molecule has 0 spiro atoms. The standard InChI is InChI=1S/C52H32N2/c1-2-15-34(16-3-1)47-39-20-8-10-22-41(39)49(45-24-12-30-53-51(45)47)43-28-29-44(38-19-7-6-18-37(38)43)50-42-23-11-9-21-40(42)48(52-46(50)25-13-31-54-52)36-27-26-33-14-4-5-17-35(33)32-36/h1-32H. The summed E-state index contributed by atoms with van der Waals surface area (Å²) in [7, 11) is 0. The maximum absolute atomic E-state index is 5.11. The van der Waals surface area contributed by atoms with Crippen LogP contribution >= 0.6 is 0 Å². The van der Waals surface area contributed by atoms with E-state index in [-0.39, 0.29) is 0 Å². The van der Waals surface area contributed by atoms with Crippen molar-refractivity contribution in [3.05, 3.63) is 194 Å². The van der Waals surface area contributed by atoms with Crippen molar-refractivity contribution in [2.45, 2.75) is 0 Å². The fraction of sp³-hybridized carbons (Fsp3) is 0. The molecule has 0 aliphatic heterocycles. The molecule has 0 aliphatic carbocycles. The van der Waals surface area contributed by atoms with Crippen molar-refractivity contribution in [2.75, 3.05) is 0 Å². The molecule has 2 nitrogen and oxygen atoms in total. The number of benzene rings is 9. The molecular formula is C52H32N2. The Morgan fingerprint density at radius 1 is 0.259 bits per heavy atom. The Bertz CT molecular complexity index is 3160. The average Bonchev–Trinajstić information content (AvgIpc) is 3.24. The quantitative estimate of drug-likeness (QED) is 0.172. The summed E-state index contributed by atoms with van der Waals surface area (Å²) in [4.78, 5) is 10.2. The van der Waals surface area contributed by atoms with Gasteiger partial charge in [-0.1, -0.05) is 164 Å². The first-order valence-electron chi connectivity index (χ1n) is 18.5. The van der Waals surface area contributed by atoms with Gasteiger partial charge in [0.05, 0.1) is 11.0 Å². The normalized spacial score (nSPS) is 11.7. The van der Waals surface area contributed by atoms with Crippen molar-refractivity contribution in [3.8, 4) is 44.5 Å². The minimum Gasteiger partial charge on any atom is -0.256 e. The van der Waals surface area contributed by atoms with E-state index >= 15 is 0 Å². The molecule has 0 radical (unpaired) electrons. The molecule has 11 aromatic rings. The summed E-state index contributed by atoms with van der Waals surface area (Å²) in [6.45, 7) is 0. The lowest BCUT2D eigenvalue weighted by Gasteiger charge is -2.21. The van der Waals surface area contributed by atoms with E-state index in [2.05, 4.69) is 182 Å². The average molecular weight is 685 g/mol. The zero-order valence-electron chi connectivity index (χ0n) is 29.4. The lowest BCUT2D eigenvalue weighted by molar-refractivity contribution is 1.42. The van der Waals surface area contributed by atoms with Crippen LogP contribution in [0.15, 0.2) is 194 Å². The van der Waals surface area contributed by atoms with E-state index in [0.717, 1.165) is 21.8 Å². The number of hydrogen-bond acceptors (Lipinski definition) is 2. The molecule has 0 saturated carbocycles. The Balaban J connectivity index is 1.22. The summed E-state index contributed by atoms with van der Waals surface area (Å²) in [6.07, 6.45) is 3.84. The van der Waals surface area contributed by atoms with Crippen LogP contribution < -0.4 is 0 Å². The topological polar surface area (TPSA) is 25.8 Å². The van der Waals surface area contributed by atoms with Crippen LogP contribution in [0, 0.1) is 0 Å². The smallest absolute Gasteiger partial charge is 0.0792 e. The van der Waals surface area contributed by atoms with Gasteiger partial charge in [-0.05, 0) is 94.7 Å². The second-order valence-corrected chi connectivity index (χ2v) is 14.0. The minimum atomic E-state index is 1.01. The molecule has 9 aromatic carbocycles. The molecule has 0 aliphatic rings. The van der Waals surface area contributed by atoms with Crippen LogP contribution in [0.3, 0.4) is 0 Å². The van der Waals surface area contributed by atoms with Gasteiger partial charge in [0.2, 0.25) is 0 Å². The fourth-order valence-corrected chi connectivity index (χ4v) is 8.85. The third-order valence-electron chi connectivity index (χ3n) is 11.1. The van der Waals surface area contributed by atoms with Crippen LogP contribution in [0.2, 0.25) is 0 Å². The number of pyridine rings is 2. The van der Waals surface area contributed by atoms with Gasteiger partial charge in [-0.2, -0.15) is 0 Å². The zero-order chi connectivity index (χ0) is 35.6. The van der Waals surface area contributed by atoms with Crippen molar-refractivity contribution < 1.29 is 0 Å². The van der Waals surface area contributed by atoms with E-state index in [1.807, 2.05) is 12.4 Å². The van der Waals surface area contributed by atoms with Crippen molar-refractivity contribution in [1.82, 2.24) is 9.97 Å². The Kier molecular flexibility index (Phi) is 6.90. The Morgan fingerprint density at radius 2 is 0.685 bits per heavy atom. The zero-order valence-corrected chi connectivity index (χ0v) is 29.4. The Morgan fingerprint density at radius 3 is 1.24 bits per heavy atom. The van der Waals surface area contributed by atoms with Gasteiger partial charge in [0.25, 0.3) is 0 Å².